The lowest BCUT2D eigenvalue weighted by Crippen LogP contribution is -2.12. The summed E-state index contributed by atoms with van der Waals surface area (Å²) in [7, 11) is 3.32. The Balaban J connectivity index is 0.00000101. The summed E-state index contributed by atoms with van der Waals surface area (Å²) < 4.78 is 11.6. The Morgan fingerprint density at radius 3 is 2.47 bits per heavy atom. The van der Waals surface area contributed by atoms with E-state index in [0.717, 1.165) is 23.0 Å². The van der Waals surface area contributed by atoms with Gasteiger partial charge in [-0.05, 0) is 59.5 Å². The van der Waals surface area contributed by atoms with Crippen molar-refractivity contribution in [2.75, 3.05) is 14.2 Å². The van der Waals surface area contributed by atoms with Gasteiger partial charge in [-0.2, -0.15) is 0 Å². The van der Waals surface area contributed by atoms with E-state index in [2.05, 4.69) is 35.3 Å². The molecule has 0 saturated heterocycles. The van der Waals surface area contributed by atoms with Gasteiger partial charge in [0.1, 0.15) is 18.7 Å². The van der Waals surface area contributed by atoms with Crippen LogP contribution in [0.4, 0.5) is 0 Å². The smallest absolute Gasteiger partial charge is 0.161 e. The first-order valence-corrected chi connectivity index (χ1v) is 9.62. The van der Waals surface area contributed by atoms with E-state index in [-0.39, 0.29) is 0 Å². The number of ether oxygens (including phenoxy) is 2. The molecule has 5 nitrogen and oxygen atoms in total. The second-order valence-corrected chi connectivity index (χ2v) is 6.51. The number of aliphatic imine (C=N–C) groups is 1. The van der Waals surface area contributed by atoms with Crippen LogP contribution in [0.1, 0.15) is 25.0 Å². The van der Waals surface area contributed by atoms with E-state index in [1.54, 1.807) is 14.2 Å². The summed E-state index contributed by atoms with van der Waals surface area (Å²) in [6.45, 7) is 3.85. The Labute approximate surface area is 177 Å². The van der Waals surface area contributed by atoms with Gasteiger partial charge < -0.3 is 20.0 Å². The first kappa shape index (κ1) is 22.7. The molecule has 0 aliphatic rings. The predicted octanol–water partition coefficient (Wildman–Crippen LogP) is 5.02. The zero-order chi connectivity index (χ0) is 21.9. The molecule has 0 heterocycles. The summed E-state index contributed by atoms with van der Waals surface area (Å²) in [6, 6.07) is 20.4. The molecule has 3 aromatic carbocycles. The molecule has 0 amide bonds. The van der Waals surface area contributed by atoms with Crippen LogP contribution in [0.2, 0.25) is 0 Å². The van der Waals surface area contributed by atoms with Crippen molar-refractivity contribution in [3.8, 4) is 11.5 Å². The summed E-state index contributed by atoms with van der Waals surface area (Å²) in [5.41, 5.74) is 8.88. The van der Waals surface area contributed by atoms with Crippen molar-refractivity contribution < 1.29 is 14.3 Å². The van der Waals surface area contributed by atoms with Crippen molar-refractivity contribution in [1.29, 1.82) is 0 Å². The molecule has 0 aromatic heterocycles. The van der Waals surface area contributed by atoms with Crippen LogP contribution in [0.15, 0.2) is 71.2 Å². The van der Waals surface area contributed by atoms with Crippen molar-refractivity contribution in [1.82, 2.24) is 0 Å². The number of carbonyl (C=O) groups excluding carboxylic acids is 1. The van der Waals surface area contributed by atoms with Crippen molar-refractivity contribution in [3.05, 3.63) is 77.4 Å². The third-order valence-electron chi connectivity index (χ3n) is 4.48. The van der Waals surface area contributed by atoms with Crippen LogP contribution in [0.3, 0.4) is 0 Å². The lowest BCUT2D eigenvalue weighted by atomic mass is 10.1. The maximum atomic E-state index is 8.81. The quantitative estimate of drug-likeness (QED) is 0.355. The number of rotatable bonds is 6. The van der Waals surface area contributed by atoms with E-state index in [0.29, 0.717) is 23.9 Å². The van der Waals surface area contributed by atoms with Crippen LogP contribution in [-0.4, -0.2) is 26.3 Å². The summed E-state index contributed by atoms with van der Waals surface area (Å²) >= 11 is 0. The first-order valence-electron chi connectivity index (χ1n) is 9.62. The molecule has 3 rings (SSSR count). The van der Waals surface area contributed by atoms with Crippen LogP contribution >= 0.6 is 0 Å². The zero-order valence-corrected chi connectivity index (χ0v) is 17.9. The minimum absolute atomic E-state index is 0.474. The Morgan fingerprint density at radius 2 is 1.77 bits per heavy atom. The highest BCUT2D eigenvalue weighted by atomic mass is 16.5. The van der Waals surface area contributed by atoms with Gasteiger partial charge in [-0.15, -0.1) is 0 Å². The Kier molecular flexibility index (Phi) is 8.63. The third-order valence-corrected chi connectivity index (χ3v) is 4.48. The number of benzene rings is 3. The molecule has 0 fully saturated rings. The molecule has 0 bridgehead atoms. The number of fused-ring (bicyclic) bond motifs is 1. The van der Waals surface area contributed by atoms with Gasteiger partial charge >= 0.3 is 0 Å². The molecule has 0 saturated carbocycles. The van der Waals surface area contributed by atoms with Crippen molar-refractivity contribution in [2.24, 2.45) is 10.7 Å². The van der Waals surface area contributed by atoms with E-state index < -0.39 is 0 Å². The lowest BCUT2D eigenvalue weighted by molar-refractivity contribution is -0.106. The van der Waals surface area contributed by atoms with Gasteiger partial charge in [0.2, 0.25) is 0 Å². The normalized spacial score (nSPS) is 11.5. The summed E-state index contributed by atoms with van der Waals surface area (Å²) in [4.78, 5) is 12.8. The molecular weight excluding hydrogens is 376 g/mol. The van der Waals surface area contributed by atoms with Gasteiger partial charge in [0.15, 0.2) is 11.5 Å². The molecule has 5 heteroatoms. The van der Waals surface area contributed by atoms with E-state index in [1.807, 2.05) is 43.3 Å². The molecule has 0 atom stereocenters. The molecule has 0 aliphatic heterocycles. The molecule has 3 aromatic rings. The monoisotopic (exact) mass is 404 g/mol. The maximum absolute atomic E-state index is 8.81. The number of methoxy groups -OCH3 is 1. The number of nitrogens with zero attached hydrogens (tertiary/aromatic N) is 1. The third kappa shape index (κ3) is 5.95. The Hall–Kier alpha value is -3.60. The minimum atomic E-state index is 0.474. The number of carbonyl (C=O) groups is 1. The fourth-order valence-corrected chi connectivity index (χ4v) is 2.97. The fraction of sp³-hybridized carbons (Fsp3) is 0.200. The summed E-state index contributed by atoms with van der Waals surface area (Å²) in [5.74, 6) is 1.91. The highest BCUT2D eigenvalue weighted by Crippen LogP contribution is 2.30. The second-order valence-electron chi connectivity index (χ2n) is 6.51. The molecule has 0 spiro atoms. The van der Waals surface area contributed by atoms with Gasteiger partial charge in [-0.25, -0.2) is 0 Å². The molecule has 30 heavy (non-hydrogen) atoms. The zero-order valence-electron chi connectivity index (χ0n) is 17.9. The summed E-state index contributed by atoms with van der Waals surface area (Å²) in [5, 5.41) is 2.40. The molecule has 0 aliphatic carbocycles. The van der Waals surface area contributed by atoms with Crippen LogP contribution in [0.25, 0.3) is 16.8 Å². The maximum Gasteiger partial charge on any atom is 0.161 e. The summed E-state index contributed by atoms with van der Waals surface area (Å²) in [6.07, 6.45) is 2.72. The van der Waals surface area contributed by atoms with Gasteiger partial charge in [-0.1, -0.05) is 48.5 Å². The van der Waals surface area contributed by atoms with E-state index >= 15 is 0 Å². The van der Waals surface area contributed by atoms with E-state index in [4.69, 9.17) is 20.0 Å². The number of hydrogen-bond donors (Lipinski definition) is 1. The van der Waals surface area contributed by atoms with Crippen LogP contribution in [0, 0.1) is 0 Å². The molecule has 2 N–H and O–H groups in total. The van der Waals surface area contributed by atoms with Crippen molar-refractivity contribution in [3.63, 3.8) is 0 Å². The predicted molar refractivity (Wildman–Crippen MR) is 124 cm³/mol. The van der Waals surface area contributed by atoms with Crippen molar-refractivity contribution in [2.45, 2.75) is 20.5 Å². The SMILES string of the molecule is CC=O.CN=C(N)/C(C)=C/c1ccc(OCc2cccc3ccccc23)c(OC)c1. The van der Waals surface area contributed by atoms with Gasteiger partial charge in [0.05, 0.1) is 7.11 Å². The van der Waals surface area contributed by atoms with Gasteiger partial charge in [-0.3, -0.25) is 4.99 Å². The van der Waals surface area contributed by atoms with Gasteiger partial charge in [0.25, 0.3) is 0 Å². The standard InChI is InChI=1S/C23H24N2O2.C2H4O/c1-16(23(24)25-2)13-17-11-12-21(22(14-17)26-3)27-15-19-9-6-8-18-7-4-5-10-20(18)19;1-2-3/h4-14H,15H2,1-3H3,(H2,24,25);2H,1H3/b16-13+;. The second kappa shape index (κ2) is 11.4. The minimum Gasteiger partial charge on any atom is -0.493 e. The molecule has 156 valence electrons. The number of hydrogen-bond acceptors (Lipinski definition) is 4. The number of amidine groups is 1. The molecular formula is C25H28N2O3. The van der Waals surface area contributed by atoms with E-state index in [9.17, 15) is 0 Å². The molecule has 0 unspecified atom stereocenters. The highest BCUT2D eigenvalue weighted by molar-refractivity contribution is 6.00. The topological polar surface area (TPSA) is 73.9 Å². The number of nitrogens with two attached hydrogens (primary N) is 1. The van der Waals surface area contributed by atoms with Gasteiger partial charge in [0, 0.05) is 7.05 Å². The van der Waals surface area contributed by atoms with Crippen LogP contribution in [0.5, 0.6) is 11.5 Å². The number of aldehydes is 1. The van der Waals surface area contributed by atoms with Crippen LogP contribution < -0.4 is 15.2 Å². The Morgan fingerprint density at radius 1 is 1.07 bits per heavy atom. The van der Waals surface area contributed by atoms with Crippen molar-refractivity contribution >= 4 is 29.0 Å². The van der Waals surface area contributed by atoms with Crippen LogP contribution in [-0.2, 0) is 11.4 Å². The Bertz CT molecular complexity index is 1050. The first-order chi connectivity index (χ1) is 14.5. The van der Waals surface area contributed by atoms with E-state index in [1.165, 1.54) is 17.7 Å². The molecule has 0 radical (unpaired) electrons. The lowest BCUT2D eigenvalue weighted by Gasteiger charge is -2.13. The average Bonchev–Trinajstić information content (AvgIpc) is 2.78. The average molecular weight is 405 g/mol. The highest BCUT2D eigenvalue weighted by Gasteiger charge is 2.08. The fourth-order valence-electron chi connectivity index (χ4n) is 2.97. The largest absolute Gasteiger partial charge is 0.493 e.